The summed E-state index contributed by atoms with van der Waals surface area (Å²) in [5.41, 5.74) is 0. The second kappa shape index (κ2) is 63.9. The third kappa shape index (κ3) is 62.1. The predicted molar refractivity (Wildman–Crippen MR) is 325 cm³/mol. The Hall–Kier alpha value is -2.63. The highest BCUT2D eigenvalue weighted by atomic mass is 16.6. The molecule has 6 nitrogen and oxygen atoms in total. The lowest BCUT2D eigenvalue weighted by Gasteiger charge is -2.18. The zero-order valence-electron chi connectivity index (χ0n) is 50.3. The van der Waals surface area contributed by atoms with Gasteiger partial charge in [-0.2, -0.15) is 0 Å². The lowest BCUT2D eigenvalue weighted by molar-refractivity contribution is -0.167. The zero-order chi connectivity index (χ0) is 54.3. The first-order valence-corrected chi connectivity index (χ1v) is 33.1. The fourth-order valence-corrected chi connectivity index (χ4v) is 9.80. The molecular weight excluding hydrogens is 925 g/mol. The van der Waals surface area contributed by atoms with Gasteiger partial charge in [0.1, 0.15) is 13.2 Å². The van der Waals surface area contributed by atoms with Crippen molar-refractivity contribution in [3.63, 3.8) is 0 Å². The largest absolute Gasteiger partial charge is 0.462 e. The molecule has 0 bridgehead atoms. The Morgan fingerprint density at radius 2 is 0.480 bits per heavy atom. The van der Waals surface area contributed by atoms with E-state index in [4.69, 9.17) is 14.2 Å². The van der Waals surface area contributed by atoms with E-state index in [0.717, 1.165) is 77.0 Å². The molecule has 1 atom stereocenters. The van der Waals surface area contributed by atoms with Crippen LogP contribution in [0.2, 0.25) is 0 Å². The molecule has 0 saturated heterocycles. The van der Waals surface area contributed by atoms with Crippen LogP contribution in [0.25, 0.3) is 0 Å². The van der Waals surface area contributed by atoms with Gasteiger partial charge in [0.05, 0.1) is 0 Å². The van der Waals surface area contributed by atoms with Crippen molar-refractivity contribution in [2.24, 2.45) is 0 Å². The van der Waals surface area contributed by atoms with E-state index in [2.05, 4.69) is 69.4 Å². The maximum atomic E-state index is 12.9. The Morgan fingerprint density at radius 3 is 0.787 bits per heavy atom. The Bertz CT molecular complexity index is 1300. The smallest absolute Gasteiger partial charge is 0.306 e. The van der Waals surface area contributed by atoms with Crippen LogP contribution in [0, 0.1) is 0 Å². The minimum atomic E-state index is -0.776. The molecule has 0 rings (SSSR count). The van der Waals surface area contributed by atoms with Crippen molar-refractivity contribution in [3.8, 4) is 0 Å². The van der Waals surface area contributed by atoms with Crippen LogP contribution in [-0.2, 0) is 28.6 Å². The van der Waals surface area contributed by atoms with Gasteiger partial charge in [0, 0.05) is 19.3 Å². The number of hydrogen-bond acceptors (Lipinski definition) is 6. The van der Waals surface area contributed by atoms with E-state index in [0.29, 0.717) is 19.3 Å². The van der Waals surface area contributed by atoms with Crippen LogP contribution < -0.4 is 0 Å². The van der Waals surface area contributed by atoms with E-state index >= 15 is 0 Å². The number of hydrogen-bond donors (Lipinski definition) is 0. The van der Waals surface area contributed by atoms with E-state index in [1.165, 1.54) is 238 Å². The molecule has 0 fully saturated rings. The van der Waals surface area contributed by atoms with Crippen LogP contribution >= 0.6 is 0 Å². The summed E-state index contributed by atoms with van der Waals surface area (Å²) in [5, 5.41) is 0. The number of ether oxygens (including phenoxy) is 3. The van der Waals surface area contributed by atoms with Gasteiger partial charge in [-0.05, 0) is 83.5 Å². The van der Waals surface area contributed by atoms with Gasteiger partial charge in [-0.25, -0.2) is 0 Å². The van der Waals surface area contributed by atoms with Gasteiger partial charge >= 0.3 is 17.9 Å². The second-order valence-corrected chi connectivity index (χ2v) is 22.4. The molecule has 0 spiro atoms. The first kappa shape index (κ1) is 72.4. The lowest BCUT2D eigenvalue weighted by atomic mass is 10.0. The summed E-state index contributed by atoms with van der Waals surface area (Å²) < 4.78 is 16.9. The number of rotatable bonds is 61. The fraction of sp³-hybridized carbons (Fsp3) is 0.841. The third-order valence-corrected chi connectivity index (χ3v) is 14.8. The first-order valence-electron chi connectivity index (χ1n) is 33.1. The molecule has 0 aliphatic carbocycles. The Morgan fingerprint density at radius 1 is 0.267 bits per heavy atom. The van der Waals surface area contributed by atoms with Crippen molar-refractivity contribution >= 4 is 17.9 Å². The molecule has 0 amide bonds. The fourth-order valence-electron chi connectivity index (χ4n) is 9.80. The number of carbonyl (C=O) groups is 3. The summed E-state index contributed by atoms with van der Waals surface area (Å²) in [4.78, 5) is 38.3. The molecule has 0 saturated carbocycles. The van der Waals surface area contributed by atoms with Crippen molar-refractivity contribution in [1.29, 1.82) is 0 Å². The van der Waals surface area contributed by atoms with E-state index < -0.39 is 6.10 Å². The summed E-state index contributed by atoms with van der Waals surface area (Å²) in [5.74, 6) is -0.865. The molecule has 0 heterocycles. The van der Waals surface area contributed by atoms with Gasteiger partial charge in [0.2, 0.25) is 0 Å². The average Bonchev–Trinajstić information content (AvgIpc) is 3.41. The van der Waals surface area contributed by atoms with Crippen LogP contribution in [-0.4, -0.2) is 37.2 Å². The summed E-state index contributed by atoms with van der Waals surface area (Å²) >= 11 is 0. The SMILES string of the molecule is CCCCC/C=C\CCCCCCCC(=O)OCC(COC(=O)CCCCCCCCCCCC/C=C\C/C=C\C/C=C\CCCCCCC)OC(=O)CCCCCCCCCCCCCCCCCCCCCC. The van der Waals surface area contributed by atoms with Crippen LogP contribution in [0.15, 0.2) is 48.6 Å². The Kier molecular flexibility index (Phi) is 61.7. The number of esters is 3. The molecule has 0 aliphatic rings. The maximum Gasteiger partial charge on any atom is 0.306 e. The topological polar surface area (TPSA) is 78.9 Å². The van der Waals surface area contributed by atoms with Gasteiger partial charge in [-0.1, -0.05) is 301 Å². The van der Waals surface area contributed by atoms with E-state index in [1.807, 2.05) is 0 Å². The molecule has 0 aromatic heterocycles. The molecule has 1 unspecified atom stereocenters. The van der Waals surface area contributed by atoms with Gasteiger partial charge in [0.15, 0.2) is 6.10 Å². The molecule has 438 valence electrons. The van der Waals surface area contributed by atoms with Crippen LogP contribution in [0.1, 0.15) is 355 Å². The van der Waals surface area contributed by atoms with Crippen molar-refractivity contribution in [2.75, 3.05) is 13.2 Å². The molecule has 0 aromatic carbocycles. The first-order chi connectivity index (χ1) is 37.0. The summed E-state index contributed by atoms with van der Waals surface area (Å²) in [6, 6.07) is 0. The molecule has 0 aliphatic heterocycles. The van der Waals surface area contributed by atoms with Gasteiger partial charge in [0.25, 0.3) is 0 Å². The van der Waals surface area contributed by atoms with Crippen molar-refractivity contribution in [1.82, 2.24) is 0 Å². The predicted octanol–water partition coefficient (Wildman–Crippen LogP) is 22.6. The Balaban J connectivity index is 4.26. The normalized spacial score (nSPS) is 12.3. The van der Waals surface area contributed by atoms with Crippen molar-refractivity contribution < 1.29 is 28.6 Å². The minimum Gasteiger partial charge on any atom is -0.462 e. The zero-order valence-corrected chi connectivity index (χ0v) is 50.3. The van der Waals surface area contributed by atoms with Crippen molar-refractivity contribution in [2.45, 2.75) is 361 Å². The summed E-state index contributed by atoms with van der Waals surface area (Å²) in [7, 11) is 0. The van der Waals surface area contributed by atoms with E-state index in [9.17, 15) is 14.4 Å². The molecular formula is C69H126O6. The molecule has 0 N–H and O–H groups in total. The van der Waals surface area contributed by atoms with E-state index in [-0.39, 0.29) is 31.1 Å². The molecule has 75 heavy (non-hydrogen) atoms. The van der Waals surface area contributed by atoms with Crippen LogP contribution in [0.5, 0.6) is 0 Å². The minimum absolute atomic E-state index is 0.0742. The highest BCUT2D eigenvalue weighted by Gasteiger charge is 2.19. The number of allylic oxidation sites excluding steroid dienone is 8. The lowest BCUT2D eigenvalue weighted by Crippen LogP contribution is -2.30. The van der Waals surface area contributed by atoms with Gasteiger partial charge < -0.3 is 14.2 Å². The monoisotopic (exact) mass is 1050 g/mol. The average molecular weight is 1050 g/mol. The maximum absolute atomic E-state index is 12.9. The van der Waals surface area contributed by atoms with Gasteiger partial charge in [-0.3, -0.25) is 14.4 Å². The highest BCUT2D eigenvalue weighted by Crippen LogP contribution is 2.17. The third-order valence-electron chi connectivity index (χ3n) is 14.8. The Labute approximate surface area is 467 Å². The molecule has 6 heteroatoms. The van der Waals surface area contributed by atoms with Gasteiger partial charge in [-0.15, -0.1) is 0 Å². The molecule has 0 aromatic rings. The summed E-state index contributed by atoms with van der Waals surface area (Å²) in [6.45, 7) is 6.65. The number of carbonyl (C=O) groups excluding carboxylic acids is 3. The number of unbranched alkanes of at least 4 members (excludes halogenated alkanes) is 42. The standard InChI is InChI=1S/C69H126O6/c1-4-7-10-13-16-19-22-25-27-29-31-33-34-35-36-37-39-40-42-44-47-50-53-56-59-62-68(71)74-65-66(64-73-67(70)61-58-55-52-49-46-24-21-18-15-12-9-6-3)75-69(72)63-60-57-54-51-48-45-43-41-38-32-30-28-26-23-20-17-14-11-8-5-2/h18,21-22,25,29,31,34-35,66H,4-17,19-20,23-24,26-28,30,32-33,36-65H2,1-3H3/b21-18-,25-22-,31-29-,35-34-. The second-order valence-electron chi connectivity index (χ2n) is 22.4. The van der Waals surface area contributed by atoms with Crippen molar-refractivity contribution in [3.05, 3.63) is 48.6 Å². The van der Waals surface area contributed by atoms with E-state index in [1.54, 1.807) is 0 Å². The molecule has 0 radical (unpaired) electrons. The van der Waals surface area contributed by atoms with Crippen LogP contribution in [0.4, 0.5) is 0 Å². The highest BCUT2D eigenvalue weighted by molar-refractivity contribution is 5.71. The summed E-state index contributed by atoms with van der Waals surface area (Å²) in [6.07, 6.45) is 79.8. The quantitative estimate of drug-likeness (QED) is 0.0261. The van der Waals surface area contributed by atoms with Crippen LogP contribution in [0.3, 0.4) is 0 Å².